The fourth-order valence-corrected chi connectivity index (χ4v) is 2.13. The van der Waals surface area contributed by atoms with Gasteiger partial charge in [-0.3, -0.25) is 5.43 Å². The molecule has 0 radical (unpaired) electrons. The highest BCUT2D eigenvalue weighted by Gasteiger charge is 2.06. The van der Waals surface area contributed by atoms with Crippen molar-refractivity contribution in [3.8, 4) is 11.5 Å². The van der Waals surface area contributed by atoms with Crippen LogP contribution in [0.5, 0.6) is 11.5 Å². The molecule has 0 unspecified atom stereocenters. The summed E-state index contributed by atoms with van der Waals surface area (Å²) < 4.78 is 11.4. The molecule has 1 aromatic carbocycles. The van der Waals surface area contributed by atoms with E-state index in [9.17, 15) is 0 Å². The number of hydrogen-bond donors (Lipinski definition) is 2. The fraction of sp³-hybridized carbons (Fsp3) is 0.308. The first-order chi connectivity index (χ1) is 9.33. The zero-order chi connectivity index (χ0) is 13.5. The van der Waals surface area contributed by atoms with Crippen molar-refractivity contribution in [1.82, 2.24) is 4.98 Å². The van der Waals surface area contributed by atoms with Crippen LogP contribution in [0.25, 0.3) is 0 Å². The summed E-state index contributed by atoms with van der Waals surface area (Å²) in [7, 11) is 0. The van der Waals surface area contributed by atoms with Crippen LogP contribution in [0.2, 0.25) is 0 Å². The molecular formula is C13H17N3O2S. The molecule has 1 aromatic heterocycles. The molecule has 0 atom stereocenters. The van der Waals surface area contributed by atoms with Gasteiger partial charge in [-0.1, -0.05) is 30.4 Å². The Morgan fingerprint density at radius 2 is 2.00 bits per heavy atom. The maximum Gasteiger partial charge on any atom is 0.197 e. The Morgan fingerprint density at radius 3 is 2.63 bits per heavy atom. The lowest BCUT2D eigenvalue weighted by atomic mass is 10.3. The van der Waals surface area contributed by atoms with E-state index < -0.39 is 0 Å². The minimum Gasteiger partial charge on any atom is -0.490 e. The highest BCUT2D eigenvalue weighted by molar-refractivity contribution is 7.15. The van der Waals surface area contributed by atoms with Gasteiger partial charge < -0.3 is 9.47 Å². The number of anilines is 1. The third-order valence-electron chi connectivity index (χ3n) is 2.36. The summed E-state index contributed by atoms with van der Waals surface area (Å²) in [6.07, 6.45) is 2.71. The van der Waals surface area contributed by atoms with Gasteiger partial charge in [0, 0.05) is 6.20 Å². The first kappa shape index (κ1) is 13.6. The van der Waals surface area contributed by atoms with E-state index in [2.05, 4.69) is 17.3 Å². The molecule has 102 valence electrons. The second-order valence-corrected chi connectivity index (χ2v) is 4.98. The molecule has 3 N–H and O–H groups in total. The Labute approximate surface area is 116 Å². The second-order valence-electron chi connectivity index (χ2n) is 3.86. The van der Waals surface area contributed by atoms with Crippen LogP contribution in [0.1, 0.15) is 18.2 Å². The summed E-state index contributed by atoms with van der Waals surface area (Å²) >= 11 is 1.46. The second kappa shape index (κ2) is 6.96. The molecule has 0 aliphatic carbocycles. The summed E-state index contributed by atoms with van der Waals surface area (Å²) in [5.41, 5.74) is 2.51. The van der Waals surface area contributed by atoms with E-state index in [-0.39, 0.29) is 0 Å². The zero-order valence-electron chi connectivity index (χ0n) is 10.8. The van der Waals surface area contributed by atoms with Crippen molar-refractivity contribution in [2.45, 2.75) is 20.0 Å². The molecule has 19 heavy (non-hydrogen) atoms. The molecule has 6 heteroatoms. The molecule has 2 rings (SSSR count). The molecule has 2 aromatic rings. The van der Waals surface area contributed by atoms with E-state index in [1.807, 2.05) is 24.3 Å². The lowest BCUT2D eigenvalue weighted by Gasteiger charge is -2.11. The number of para-hydroxylation sites is 2. The highest BCUT2D eigenvalue weighted by atomic mass is 32.1. The minimum absolute atomic E-state index is 0.450. The van der Waals surface area contributed by atoms with Crippen LogP contribution in [0.4, 0.5) is 5.13 Å². The Hall–Kier alpha value is -1.79. The van der Waals surface area contributed by atoms with Gasteiger partial charge in [0.2, 0.25) is 0 Å². The standard InChI is InChI=1S/C13H17N3O2S/c1-2-7-17-11-5-3-4-6-12(11)18-9-10-8-15-13(16-14)19-10/h3-6,8H,2,7,9,14H2,1H3,(H,15,16). The number of hydrogen-bond acceptors (Lipinski definition) is 6. The number of benzene rings is 1. The molecule has 0 bridgehead atoms. The van der Waals surface area contributed by atoms with Crippen molar-refractivity contribution in [2.75, 3.05) is 12.0 Å². The number of thiazole rings is 1. The van der Waals surface area contributed by atoms with E-state index >= 15 is 0 Å². The summed E-state index contributed by atoms with van der Waals surface area (Å²) in [4.78, 5) is 5.09. The Kier molecular flexibility index (Phi) is 5.00. The summed E-state index contributed by atoms with van der Waals surface area (Å²) in [5.74, 6) is 6.80. The van der Waals surface area contributed by atoms with E-state index in [4.69, 9.17) is 15.3 Å². The maximum atomic E-state index is 5.75. The quantitative estimate of drug-likeness (QED) is 0.602. The van der Waals surface area contributed by atoms with Crippen LogP contribution in [0.15, 0.2) is 30.5 Å². The first-order valence-corrected chi connectivity index (χ1v) is 6.91. The number of nitrogens with two attached hydrogens (primary N) is 1. The third kappa shape index (κ3) is 3.84. The molecule has 0 aliphatic rings. The fourth-order valence-electron chi connectivity index (χ4n) is 1.49. The van der Waals surface area contributed by atoms with Crippen molar-refractivity contribution in [3.63, 3.8) is 0 Å². The van der Waals surface area contributed by atoms with Crippen LogP contribution in [-0.2, 0) is 6.61 Å². The number of hydrazine groups is 1. The van der Waals surface area contributed by atoms with E-state index in [1.165, 1.54) is 11.3 Å². The molecule has 0 saturated heterocycles. The van der Waals surface area contributed by atoms with Crippen molar-refractivity contribution < 1.29 is 9.47 Å². The monoisotopic (exact) mass is 279 g/mol. The lowest BCUT2D eigenvalue weighted by molar-refractivity contribution is 0.263. The summed E-state index contributed by atoms with van der Waals surface area (Å²) in [5, 5.41) is 0.675. The predicted octanol–water partition coefficient (Wildman–Crippen LogP) is 2.80. The average molecular weight is 279 g/mol. The number of nitrogens with zero attached hydrogens (tertiary/aromatic N) is 1. The van der Waals surface area contributed by atoms with Gasteiger partial charge in [0.25, 0.3) is 0 Å². The smallest absolute Gasteiger partial charge is 0.197 e. The largest absolute Gasteiger partial charge is 0.490 e. The first-order valence-electron chi connectivity index (χ1n) is 6.09. The van der Waals surface area contributed by atoms with Gasteiger partial charge in [-0.15, -0.1) is 0 Å². The number of nitrogen functional groups attached to an aromatic ring is 1. The molecule has 0 saturated carbocycles. The predicted molar refractivity (Wildman–Crippen MR) is 76.5 cm³/mol. The topological polar surface area (TPSA) is 69.4 Å². The highest BCUT2D eigenvalue weighted by Crippen LogP contribution is 2.28. The summed E-state index contributed by atoms with van der Waals surface area (Å²) in [6, 6.07) is 7.66. The summed E-state index contributed by atoms with van der Waals surface area (Å²) in [6.45, 7) is 3.20. The van der Waals surface area contributed by atoms with Crippen LogP contribution in [-0.4, -0.2) is 11.6 Å². The molecule has 0 aliphatic heterocycles. The maximum absolute atomic E-state index is 5.75. The molecular weight excluding hydrogens is 262 g/mol. The number of nitrogens with one attached hydrogen (secondary N) is 1. The van der Waals surface area contributed by atoms with E-state index in [1.54, 1.807) is 6.20 Å². The molecule has 1 heterocycles. The van der Waals surface area contributed by atoms with Gasteiger partial charge in [0.1, 0.15) is 6.61 Å². The van der Waals surface area contributed by atoms with Crippen LogP contribution in [0, 0.1) is 0 Å². The van der Waals surface area contributed by atoms with Crippen molar-refractivity contribution in [1.29, 1.82) is 0 Å². The van der Waals surface area contributed by atoms with Crippen LogP contribution < -0.4 is 20.7 Å². The van der Waals surface area contributed by atoms with Gasteiger partial charge >= 0.3 is 0 Å². The van der Waals surface area contributed by atoms with Gasteiger partial charge in [-0.2, -0.15) is 0 Å². The average Bonchev–Trinajstić information content (AvgIpc) is 2.91. The van der Waals surface area contributed by atoms with Crippen molar-refractivity contribution in [3.05, 3.63) is 35.3 Å². The van der Waals surface area contributed by atoms with Gasteiger partial charge in [0.05, 0.1) is 11.5 Å². The number of aromatic nitrogens is 1. The zero-order valence-corrected chi connectivity index (χ0v) is 11.6. The number of ether oxygens (including phenoxy) is 2. The molecule has 0 amide bonds. The lowest BCUT2D eigenvalue weighted by Crippen LogP contribution is -2.05. The van der Waals surface area contributed by atoms with Gasteiger partial charge in [-0.05, 0) is 18.6 Å². The van der Waals surface area contributed by atoms with Crippen LogP contribution in [0.3, 0.4) is 0 Å². The Bertz CT molecular complexity index is 516. The van der Waals surface area contributed by atoms with E-state index in [0.717, 1.165) is 22.8 Å². The SMILES string of the molecule is CCCOc1ccccc1OCc1cnc(NN)s1. The van der Waals surface area contributed by atoms with Crippen LogP contribution >= 0.6 is 11.3 Å². The Balaban J connectivity index is 1.98. The third-order valence-corrected chi connectivity index (χ3v) is 3.26. The van der Waals surface area contributed by atoms with E-state index in [0.29, 0.717) is 18.3 Å². The van der Waals surface area contributed by atoms with Crippen molar-refractivity contribution in [2.24, 2.45) is 5.84 Å². The molecule has 0 spiro atoms. The van der Waals surface area contributed by atoms with Crippen molar-refractivity contribution >= 4 is 16.5 Å². The van der Waals surface area contributed by atoms with Gasteiger partial charge in [-0.25, -0.2) is 10.8 Å². The Morgan fingerprint density at radius 1 is 1.26 bits per heavy atom. The molecule has 0 fully saturated rings. The normalized spacial score (nSPS) is 10.2. The van der Waals surface area contributed by atoms with Gasteiger partial charge in [0.15, 0.2) is 16.6 Å². The minimum atomic E-state index is 0.450. The molecule has 5 nitrogen and oxygen atoms in total. The number of rotatable bonds is 7.